The lowest BCUT2D eigenvalue weighted by molar-refractivity contribution is 0.194. The Morgan fingerprint density at radius 3 is 2.81 bits per heavy atom. The van der Waals surface area contributed by atoms with Crippen LogP contribution in [0.3, 0.4) is 0 Å². The van der Waals surface area contributed by atoms with Gasteiger partial charge in [-0.2, -0.15) is 12.6 Å². The van der Waals surface area contributed by atoms with E-state index < -0.39 is 0 Å². The first kappa shape index (κ1) is 12.4. The highest BCUT2D eigenvalue weighted by Crippen LogP contribution is 2.39. The fourth-order valence-corrected chi connectivity index (χ4v) is 3.68. The minimum Gasteiger partial charge on any atom is -0.300 e. The zero-order valence-electron chi connectivity index (χ0n) is 9.85. The van der Waals surface area contributed by atoms with E-state index in [1.807, 2.05) is 5.51 Å². The van der Waals surface area contributed by atoms with E-state index in [4.69, 9.17) is 0 Å². The monoisotopic (exact) mass is 256 g/mol. The molecule has 0 bridgehead atoms. The van der Waals surface area contributed by atoms with E-state index >= 15 is 0 Å². The summed E-state index contributed by atoms with van der Waals surface area (Å²) in [6.07, 6.45) is 5.45. The molecule has 1 aromatic rings. The second kappa shape index (κ2) is 5.52. The maximum atomic E-state index is 4.55. The Bertz CT molecular complexity index is 305. The maximum absolute atomic E-state index is 4.55. The SMILES string of the molecule is CN(Cc1cscn1)CC1(CS)CCCC1. The molecule has 0 unspecified atom stereocenters. The Morgan fingerprint density at radius 1 is 1.50 bits per heavy atom. The van der Waals surface area contributed by atoms with Crippen molar-refractivity contribution in [1.82, 2.24) is 9.88 Å². The Hall–Kier alpha value is -0.0600. The summed E-state index contributed by atoms with van der Waals surface area (Å²) in [4.78, 5) is 6.74. The molecule has 1 aromatic heterocycles. The molecule has 0 aliphatic heterocycles. The van der Waals surface area contributed by atoms with Gasteiger partial charge in [-0.25, -0.2) is 4.98 Å². The van der Waals surface area contributed by atoms with Crippen LogP contribution in [-0.4, -0.2) is 29.2 Å². The van der Waals surface area contributed by atoms with Crippen LogP contribution in [0, 0.1) is 5.41 Å². The molecule has 4 heteroatoms. The summed E-state index contributed by atoms with van der Waals surface area (Å²) in [6.45, 7) is 2.13. The Morgan fingerprint density at radius 2 is 2.25 bits per heavy atom. The van der Waals surface area contributed by atoms with Crippen LogP contribution >= 0.6 is 24.0 Å². The third-order valence-corrected chi connectivity index (χ3v) is 4.83. The molecule has 1 aliphatic rings. The molecule has 0 radical (unpaired) electrons. The Kier molecular flexibility index (Phi) is 4.27. The van der Waals surface area contributed by atoms with Gasteiger partial charge in [-0.05, 0) is 31.1 Å². The zero-order chi connectivity index (χ0) is 11.4. The van der Waals surface area contributed by atoms with Crippen LogP contribution in [0.2, 0.25) is 0 Å². The summed E-state index contributed by atoms with van der Waals surface area (Å²) in [7, 11) is 2.20. The van der Waals surface area contributed by atoms with E-state index in [0.29, 0.717) is 5.41 Å². The van der Waals surface area contributed by atoms with Crippen molar-refractivity contribution in [2.75, 3.05) is 19.3 Å². The molecule has 1 heterocycles. The topological polar surface area (TPSA) is 16.1 Å². The molecular formula is C12H20N2S2. The van der Waals surface area contributed by atoms with E-state index in [1.54, 1.807) is 11.3 Å². The van der Waals surface area contributed by atoms with Gasteiger partial charge in [0.15, 0.2) is 0 Å². The molecule has 0 amide bonds. The molecule has 2 nitrogen and oxygen atoms in total. The lowest BCUT2D eigenvalue weighted by Gasteiger charge is -2.31. The molecule has 0 aromatic carbocycles. The molecule has 1 saturated carbocycles. The van der Waals surface area contributed by atoms with Crippen molar-refractivity contribution >= 4 is 24.0 Å². The average molecular weight is 256 g/mol. The van der Waals surface area contributed by atoms with Crippen LogP contribution in [-0.2, 0) is 6.54 Å². The summed E-state index contributed by atoms with van der Waals surface area (Å²) in [5.74, 6) is 1.02. The smallest absolute Gasteiger partial charge is 0.0795 e. The minimum absolute atomic E-state index is 0.466. The van der Waals surface area contributed by atoms with Gasteiger partial charge in [-0.3, -0.25) is 4.90 Å². The molecule has 0 spiro atoms. The molecule has 0 atom stereocenters. The van der Waals surface area contributed by atoms with Gasteiger partial charge in [0, 0.05) is 18.5 Å². The first-order valence-corrected chi connectivity index (χ1v) is 7.48. The first-order chi connectivity index (χ1) is 7.74. The summed E-state index contributed by atoms with van der Waals surface area (Å²) in [5, 5.41) is 2.14. The largest absolute Gasteiger partial charge is 0.300 e. The van der Waals surface area contributed by atoms with Crippen molar-refractivity contribution in [3.63, 3.8) is 0 Å². The molecular weight excluding hydrogens is 236 g/mol. The van der Waals surface area contributed by atoms with E-state index in [2.05, 4.69) is 34.9 Å². The lowest BCUT2D eigenvalue weighted by Crippen LogP contribution is -2.34. The zero-order valence-corrected chi connectivity index (χ0v) is 11.6. The predicted molar refractivity (Wildman–Crippen MR) is 73.2 cm³/mol. The molecule has 0 N–H and O–H groups in total. The fourth-order valence-electron chi connectivity index (χ4n) is 2.71. The average Bonchev–Trinajstić information content (AvgIpc) is 2.90. The van der Waals surface area contributed by atoms with Crippen molar-refractivity contribution in [2.24, 2.45) is 5.41 Å². The summed E-state index contributed by atoms with van der Waals surface area (Å²) in [5.41, 5.74) is 3.57. The van der Waals surface area contributed by atoms with E-state index in [9.17, 15) is 0 Å². The van der Waals surface area contributed by atoms with E-state index in [0.717, 1.165) is 18.8 Å². The Labute approximate surface area is 107 Å². The number of thiol groups is 1. The summed E-state index contributed by atoms with van der Waals surface area (Å²) >= 11 is 6.23. The summed E-state index contributed by atoms with van der Waals surface area (Å²) in [6, 6.07) is 0. The highest BCUT2D eigenvalue weighted by Gasteiger charge is 2.33. The molecule has 2 rings (SSSR count). The highest BCUT2D eigenvalue weighted by molar-refractivity contribution is 7.80. The number of hydrogen-bond acceptors (Lipinski definition) is 4. The molecule has 1 fully saturated rings. The van der Waals surface area contributed by atoms with Crippen LogP contribution in [0.25, 0.3) is 0 Å². The van der Waals surface area contributed by atoms with Crippen molar-refractivity contribution in [2.45, 2.75) is 32.2 Å². The number of rotatable bonds is 5. The standard InChI is InChI=1S/C12H20N2S2/c1-14(6-11-7-16-10-13-11)8-12(9-15)4-2-3-5-12/h7,10,15H,2-6,8-9H2,1H3. The second-order valence-electron chi connectivity index (χ2n) is 5.02. The number of thiazole rings is 1. The quantitative estimate of drug-likeness (QED) is 0.815. The first-order valence-electron chi connectivity index (χ1n) is 5.91. The van der Waals surface area contributed by atoms with Gasteiger partial charge < -0.3 is 0 Å². The number of hydrogen-bond donors (Lipinski definition) is 1. The van der Waals surface area contributed by atoms with Gasteiger partial charge in [-0.1, -0.05) is 12.8 Å². The van der Waals surface area contributed by atoms with Gasteiger partial charge in [0.25, 0.3) is 0 Å². The lowest BCUT2D eigenvalue weighted by atomic mass is 9.88. The molecule has 16 heavy (non-hydrogen) atoms. The van der Waals surface area contributed by atoms with E-state index in [-0.39, 0.29) is 0 Å². The third kappa shape index (κ3) is 2.99. The van der Waals surface area contributed by atoms with E-state index in [1.165, 1.54) is 31.4 Å². The highest BCUT2D eigenvalue weighted by atomic mass is 32.1. The molecule has 0 saturated heterocycles. The summed E-state index contributed by atoms with van der Waals surface area (Å²) < 4.78 is 0. The van der Waals surface area contributed by atoms with Crippen molar-refractivity contribution in [3.05, 3.63) is 16.6 Å². The maximum Gasteiger partial charge on any atom is 0.0795 e. The van der Waals surface area contributed by atoms with Gasteiger partial charge in [0.05, 0.1) is 11.2 Å². The predicted octanol–water partition coefficient (Wildman–Crippen LogP) is 3.07. The second-order valence-corrected chi connectivity index (χ2v) is 6.05. The van der Waals surface area contributed by atoms with Crippen LogP contribution in [0.15, 0.2) is 10.9 Å². The fraction of sp³-hybridized carbons (Fsp3) is 0.750. The van der Waals surface area contributed by atoms with Crippen LogP contribution in [0.5, 0.6) is 0 Å². The van der Waals surface area contributed by atoms with Gasteiger partial charge >= 0.3 is 0 Å². The molecule has 1 aliphatic carbocycles. The number of nitrogens with zero attached hydrogens (tertiary/aromatic N) is 2. The van der Waals surface area contributed by atoms with Crippen molar-refractivity contribution < 1.29 is 0 Å². The third-order valence-electron chi connectivity index (χ3n) is 3.52. The van der Waals surface area contributed by atoms with Crippen molar-refractivity contribution in [1.29, 1.82) is 0 Å². The minimum atomic E-state index is 0.466. The Balaban J connectivity index is 1.88. The van der Waals surface area contributed by atoms with Gasteiger partial charge in [-0.15, -0.1) is 11.3 Å². The molecule has 90 valence electrons. The van der Waals surface area contributed by atoms with Crippen LogP contribution in [0.1, 0.15) is 31.4 Å². The van der Waals surface area contributed by atoms with Gasteiger partial charge in [0.1, 0.15) is 0 Å². The van der Waals surface area contributed by atoms with Gasteiger partial charge in [0.2, 0.25) is 0 Å². The normalized spacial score (nSPS) is 19.4. The van der Waals surface area contributed by atoms with Crippen LogP contribution < -0.4 is 0 Å². The van der Waals surface area contributed by atoms with Crippen molar-refractivity contribution in [3.8, 4) is 0 Å². The number of aromatic nitrogens is 1. The van der Waals surface area contributed by atoms with Crippen LogP contribution in [0.4, 0.5) is 0 Å².